The molecule has 27 heavy (non-hydrogen) atoms. The summed E-state index contributed by atoms with van der Waals surface area (Å²) < 4.78 is 6.73. The van der Waals surface area contributed by atoms with Crippen LogP contribution in [0.4, 0.5) is 0 Å². The minimum Gasteiger partial charge on any atom is -0.465 e. The molecule has 0 bridgehead atoms. The fourth-order valence-corrected chi connectivity index (χ4v) is 4.37. The Labute approximate surface area is 163 Å². The van der Waals surface area contributed by atoms with Gasteiger partial charge in [-0.2, -0.15) is 5.10 Å². The van der Waals surface area contributed by atoms with Gasteiger partial charge >= 0.3 is 5.97 Å². The minimum absolute atomic E-state index is 0.0866. The van der Waals surface area contributed by atoms with Crippen LogP contribution < -0.4 is 0 Å². The SMILES string of the molecule is CCOC(=O)CSC1=NC(=Cc2cn(C)nc2C)C(=O)N1C1CCCCC1. The van der Waals surface area contributed by atoms with Crippen molar-refractivity contribution in [2.24, 2.45) is 12.0 Å². The molecule has 1 amide bonds. The first-order valence-corrected chi connectivity index (χ1v) is 10.4. The molecule has 1 aromatic rings. The number of hydrogen-bond donors (Lipinski definition) is 0. The van der Waals surface area contributed by atoms with Gasteiger partial charge in [-0.1, -0.05) is 31.0 Å². The van der Waals surface area contributed by atoms with E-state index in [4.69, 9.17) is 4.74 Å². The van der Waals surface area contributed by atoms with Crippen LogP contribution >= 0.6 is 11.8 Å². The van der Waals surface area contributed by atoms with Gasteiger partial charge in [0.1, 0.15) is 5.70 Å². The van der Waals surface area contributed by atoms with E-state index < -0.39 is 0 Å². The van der Waals surface area contributed by atoms with Gasteiger partial charge in [-0.05, 0) is 32.8 Å². The first-order chi connectivity index (χ1) is 13.0. The van der Waals surface area contributed by atoms with Crippen LogP contribution in [0.5, 0.6) is 0 Å². The lowest BCUT2D eigenvalue weighted by Crippen LogP contribution is -2.41. The number of aryl methyl sites for hydroxylation is 2. The normalized spacial score (nSPS) is 19.7. The lowest BCUT2D eigenvalue weighted by atomic mass is 9.94. The Morgan fingerprint density at radius 3 is 2.74 bits per heavy atom. The molecule has 146 valence electrons. The standard InChI is InChI=1S/C19H26N4O3S/c1-4-26-17(24)12-27-19-20-16(10-14-11-22(3)21-13(14)2)18(25)23(19)15-8-6-5-7-9-15/h10-11,15H,4-9,12H2,1-3H3. The summed E-state index contributed by atoms with van der Waals surface area (Å²) in [5, 5.41) is 4.92. The zero-order chi connectivity index (χ0) is 19.4. The molecule has 0 N–H and O–H groups in total. The topological polar surface area (TPSA) is 76.8 Å². The number of amidine groups is 1. The van der Waals surface area contributed by atoms with E-state index in [-0.39, 0.29) is 23.7 Å². The van der Waals surface area contributed by atoms with Crippen LogP contribution in [0.25, 0.3) is 6.08 Å². The molecule has 1 aliphatic carbocycles. The molecule has 7 nitrogen and oxygen atoms in total. The third kappa shape index (κ3) is 4.61. The van der Waals surface area contributed by atoms with Crippen molar-refractivity contribution in [3.63, 3.8) is 0 Å². The molecule has 1 saturated carbocycles. The van der Waals surface area contributed by atoms with Gasteiger partial charge < -0.3 is 4.74 Å². The first kappa shape index (κ1) is 19.7. The van der Waals surface area contributed by atoms with Crippen molar-refractivity contribution in [1.29, 1.82) is 0 Å². The van der Waals surface area contributed by atoms with Crippen LogP contribution in [0.1, 0.15) is 50.3 Å². The second-order valence-electron chi connectivity index (χ2n) is 6.83. The van der Waals surface area contributed by atoms with Crippen molar-refractivity contribution in [1.82, 2.24) is 14.7 Å². The van der Waals surface area contributed by atoms with E-state index in [0.717, 1.165) is 36.9 Å². The number of carbonyl (C=O) groups is 2. The van der Waals surface area contributed by atoms with Crippen LogP contribution in [-0.2, 0) is 21.4 Å². The van der Waals surface area contributed by atoms with Gasteiger partial charge in [0.2, 0.25) is 0 Å². The summed E-state index contributed by atoms with van der Waals surface area (Å²) in [6, 6.07) is 0.153. The molecule has 0 radical (unpaired) electrons. The zero-order valence-electron chi connectivity index (χ0n) is 16.1. The number of aliphatic imine (C=N–C) groups is 1. The van der Waals surface area contributed by atoms with Crippen LogP contribution in [-0.4, -0.2) is 50.1 Å². The zero-order valence-corrected chi connectivity index (χ0v) is 16.9. The molecule has 8 heteroatoms. The predicted molar refractivity (Wildman–Crippen MR) is 106 cm³/mol. The maximum absolute atomic E-state index is 13.1. The fraction of sp³-hybridized carbons (Fsp3) is 0.579. The minimum atomic E-state index is -0.290. The Balaban J connectivity index is 1.85. The van der Waals surface area contributed by atoms with Crippen molar-refractivity contribution in [3.8, 4) is 0 Å². The molecule has 1 aliphatic heterocycles. The summed E-state index contributed by atoms with van der Waals surface area (Å²) in [4.78, 5) is 31.2. The highest BCUT2D eigenvalue weighted by atomic mass is 32.2. The summed E-state index contributed by atoms with van der Waals surface area (Å²) in [5.41, 5.74) is 2.14. The number of thioether (sulfide) groups is 1. The van der Waals surface area contributed by atoms with E-state index in [9.17, 15) is 9.59 Å². The number of nitrogens with zero attached hydrogens (tertiary/aromatic N) is 4. The number of hydrogen-bond acceptors (Lipinski definition) is 6. The van der Waals surface area contributed by atoms with Gasteiger partial charge in [0.05, 0.1) is 18.1 Å². The van der Waals surface area contributed by atoms with Crippen molar-refractivity contribution >= 4 is 34.9 Å². The lowest BCUT2D eigenvalue weighted by Gasteiger charge is -2.31. The highest BCUT2D eigenvalue weighted by Crippen LogP contribution is 2.32. The molecule has 0 unspecified atom stereocenters. The van der Waals surface area contributed by atoms with Crippen molar-refractivity contribution < 1.29 is 14.3 Å². The average molecular weight is 391 g/mol. The largest absolute Gasteiger partial charge is 0.465 e. The molecule has 1 aromatic heterocycles. The van der Waals surface area contributed by atoms with Crippen LogP contribution in [0, 0.1) is 6.92 Å². The summed E-state index contributed by atoms with van der Waals surface area (Å²) in [7, 11) is 1.85. The molecular weight excluding hydrogens is 364 g/mol. The molecule has 0 saturated heterocycles. The Hall–Kier alpha value is -2.09. The Bertz CT molecular complexity index is 778. The molecule has 3 rings (SSSR count). The van der Waals surface area contributed by atoms with Crippen molar-refractivity contribution in [3.05, 3.63) is 23.2 Å². The lowest BCUT2D eigenvalue weighted by molar-refractivity contribution is -0.139. The van der Waals surface area contributed by atoms with Gasteiger partial charge in [0.25, 0.3) is 5.91 Å². The quantitative estimate of drug-likeness (QED) is 0.571. The molecular formula is C19H26N4O3S. The van der Waals surface area contributed by atoms with Gasteiger partial charge in [0.15, 0.2) is 5.17 Å². The van der Waals surface area contributed by atoms with Crippen molar-refractivity contribution in [2.75, 3.05) is 12.4 Å². The highest BCUT2D eigenvalue weighted by Gasteiger charge is 2.36. The van der Waals surface area contributed by atoms with E-state index in [2.05, 4.69) is 10.1 Å². The van der Waals surface area contributed by atoms with Crippen molar-refractivity contribution in [2.45, 2.75) is 52.0 Å². The Morgan fingerprint density at radius 2 is 2.11 bits per heavy atom. The monoisotopic (exact) mass is 390 g/mol. The number of esters is 1. The average Bonchev–Trinajstić information content (AvgIpc) is 3.13. The molecule has 2 aliphatic rings. The summed E-state index contributed by atoms with van der Waals surface area (Å²) in [6.45, 7) is 4.04. The highest BCUT2D eigenvalue weighted by molar-refractivity contribution is 8.14. The third-order valence-corrected chi connectivity index (χ3v) is 5.69. The van der Waals surface area contributed by atoms with Gasteiger partial charge in [-0.15, -0.1) is 0 Å². The summed E-state index contributed by atoms with van der Waals surface area (Å²) in [6.07, 6.45) is 9.06. The van der Waals surface area contributed by atoms with E-state index >= 15 is 0 Å². The second kappa shape index (κ2) is 8.73. The van der Waals surface area contributed by atoms with Gasteiger partial charge in [0, 0.05) is 24.8 Å². The number of aromatic nitrogens is 2. The van der Waals surface area contributed by atoms with E-state index in [1.807, 2.05) is 20.2 Å². The number of ether oxygens (including phenoxy) is 1. The third-order valence-electron chi connectivity index (χ3n) is 4.77. The predicted octanol–water partition coefficient (Wildman–Crippen LogP) is 2.90. The molecule has 0 atom stereocenters. The van der Waals surface area contributed by atoms with Gasteiger partial charge in [-0.25, -0.2) is 4.99 Å². The van der Waals surface area contributed by atoms with E-state index in [0.29, 0.717) is 17.5 Å². The van der Waals surface area contributed by atoms with Crippen LogP contribution in [0.2, 0.25) is 0 Å². The van der Waals surface area contributed by atoms with E-state index in [1.54, 1.807) is 22.6 Å². The van der Waals surface area contributed by atoms with E-state index in [1.165, 1.54) is 18.2 Å². The maximum atomic E-state index is 13.1. The van der Waals surface area contributed by atoms with Crippen LogP contribution in [0.3, 0.4) is 0 Å². The smallest absolute Gasteiger partial charge is 0.316 e. The Morgan fingerprint density at radius 1 is 1.37 bits per heavy atom. The van der Waals surface area contributed by atoms with Gasteiger partial charge in [-0.3, -0.25) is 19.2 Å². The number of carbonyl (C=O) groups excluding carboxylic acids is 2. The fourth-order valence-electron chi connectivity index (χ4n) is 3.51. The second-order valence-corrected chi connectivity index (χ2v) is 7.77. The summed E-state index contributed by atoms with van der Waals surface area (Å²) >= 11 is 1.28. The molecule has 0 aromatic carbocycles. The Kier molecular flexibility index (Phi) is 6.36. The van der Waals surface area contributed by atoms with Crippen LogP contribution in [0.15, 0.2) is 16.9 Å². The molecule has 0 spiro atoms. The molecule has 1 fully saturated rings. The maximum Gasteiger partial charge on any atom is 0.316 e. The number of amides is 1. The summed E-state index contributed by atoms with van der Waals surface area (Å²) in [5.74, 6) is -0.221. The number of rotatable bonds is 5. The molecule has 2 heterocycles. The first-order valence-electron chi connectivity index (χ1n) is 9.42.